The molecule has 2 aromatic carbocycles. The SMILES string of the molecule is Cc1ccccc1C(NC(C)C(C)c1ccccc1)C(=O)O. The molecule has 0 saturated heterocycles. The molecule has 0 radical (unpaired) electrons. The van der Waals surface area contributed by atoms with Crippen molar-refractivity contribution in [2.45, 2.75) is 38.8 Å². The number of carboxylic acids is 1. The minimum absolute atomic E-state index is 0.0445. The minimum Gasteiger partial charge on any atom is -0.480 e. The van der Waals surface area contributed by atoms with Gasteiger partial charge in [-0.15, -0.1) is 0 Å². The van der Waals surface area contributed by atoms with E-state index in [0.29, 0.717) is 0 Å². The van der Waals surface area contributed by atoms with Crippen LogP contribution in [0.5, 0.6) is 0 Å². The molecule has 0 aromatic heterocycles. The van der Waals surface area contributed by atoms with Gasteiger partial charge in [-0.25, -0.2) is 0 Å². The molecular weight excluding hydrogens is 274 g/mol. The van der Waals surface area contributed by atoms with Crippen LogP contribution in [0.1, 0.15) is 42.5 Å². The zero-order valence-electron chi connectivity index (χ0n) is 13.3. The minimum atomic E-state index is -0.846. The fourth-order valence-corrected chi connectivity index (χ4v) is 2.66. The number of benzene rings is 2. The van der Waals surface area contributed by atoms with E-state index in [-0.39, 0.29) is 12.0 Å². The molecule has 2 rings (SSSR count). The summed E-state index contributed by atoms with van der Waals surface area (Å²) in [6.07, 6.45) is 0. The normalized spacial score (nSPS) is 15.0. The molecule has 0 saturated carbocycles. The Hall–Kier alpha value is -2.13. The number of nitrogens with one attached hydrogen (secondary N) is 1. The van der Waals surface area contributed by atoms with Gasteiger partial charge in [0, 0.05) is 6.04 Å². The molecule has 2 N–H and O–H groups in total. The average molecular weight is 297 g/mol. The third-order valence-electron chi connectivity index (χ3n) is 4.25. The molecule has 3 nitrogen and oxygen atoms in total. The lowest BCUT2D eigenvalue weighted by Gasteiger charge is -2.26. The monoisotopic (exact) mass is 297 g/mol. The molecule has 0 aliphatic carbocycles. The fraction of sp³-hybridized carbons (Fsp3) is 0.316. The van der Waals surface area contributed by atoms with Crippen molar-refractivity contribution >= 4 is 5.97 Å². The standard InChI is InChI=1S/C19H23NO2/c1-13-9-7-8-12-17(13)18(19(21)22)20-15(3)14(2)16-10-5-4-6-11-16/h4-12,14-15,18,20H,1-3H3,(H,21,22). The van der Waals surface area contributed by atoms with E-state index in [1.807, 2.05) is 56.3 Å². The van der Waals surface area contributed by atoms with Crippen LogP contribution in [0.2, 0.25) is 0 Å². The number of carbonyl (C=O) groups is 1. The molecule has 22 heavy (non-hydrogen) atoms. The van der Waals surface area contributed by atoms with Gasteiger partial charge in [0.15, 0.2) is 0 Å². The number of hydrogen-bond donors (Lipinski definition) is 2. The number of aliphatic carboxylic acids is 1. The Balaban J connectivity index is 2.18. The maximum Gasteiger partial charge on any atom is 0.325 e. The highest BCUT2D eigenvalue weighted by molar-refractivity contribution is 5.76. The second kappa shape index (κ2) is 7.23. The van der Waals surface area contributed by atoms with Crippen LogP contribution in [-0.4, -0.2) is 17.1 Å². The van der Waals surface area contributed by atoms with Gasteiger partial charge in [0.2, 0.25) is 0 Å². The number of aryl methyl sites for hydroxylation is 1. The lowest BCUT2D eigenvalue weighted by atomic mass is 9.92. The summed E-state index contributed by atoms with van der Waals surface area (Å²) in [5, 5.41) is 12.9. The molecule has 2 aromatic rings. The first-order chi connectivity index (χ1) is 10.5. The van der Waals surface area contributed by atoms with Crippen LogP contribution in [0.3, 0.4) is 0 Å². The lowest BCUT2D eigenvalue weighted by Crippen LogP contribution is -2.38. The van der Waals surface area contributed by atoms with Crippen LogP contribution in [0.4, 0.5) is 0 Å². The van der Waals surface area contributed by atoms with E-state index < -0.39 is 12.0 Å². The van der Waals surface area contributed by atoms with Gasteiger partial charge in [0.1, 0.15) is 6.04 Å². The van der Waals surface area contributed by atoms with E-state index in [0.717, 1.165) is 11.1 Å². The fourth-order valence-electron chi connectivity index (χ4n) is 2.66. The van der Waals surface area contributed by atoms with Crippen molar-refractivity contribution in [3.63, 3.8) is 0 Å². The molecule has 116 valence electrons. The highest BCUT2D eigenvalue weighted by Gasteiger charge is 2.25. The molecule has 0 amide bonds. The maximum absolute atomic E-state index is 11.7. The van der Waals surface area contributed by atoms with Crippen molar-refractivity contribution in [1.82, 2.24) is 5.32 Å². The predicted molar refractivity (Wildman–Crippen MR) is 89.0 cm³/mol. The Kier molecular flexibility index (Phi) is 5.34. The highest BCUT2D eigenvalue weighted by atomic mass is 16.4. The summed E-state index contributed by atoms with van der Waals surface area (Å²) < 4.78 is 0. The van der Waals surface area contributed by atoms with Crippen molar-refractivity contribution < 1.29 is 9.90 Å². The van der Waals surface area contributed by atoms with Crippen molar-refractivity contribution in [2.24, 2.45) is 0 Å². The maximum atomic E-state index is 11.7. The first kappa shape index (κ1) is 16.2. The van der Waals surface area contributed by atoms with Gasteiger partial charge in [0.25, 0.3) is 0 Å². The van der Waals surface area contributed by atoms with E-state index in [4.69, 9.17) is 0 Å². The van der Waals surface area contributed by atoms with Crippen LogP contribution >= 0.6 is 0 Å². The van der Waals surface area contributed by atoms with E-state index >= 15 is 0 Å². The Morgan fingerprint density at radius 1 is 1.00 bits per heavy atom. The van der Waals surface area contributed by atoms with Gasteiger partial charge in [-0.1, -0.05) is 61.5 Å². The van der Waals surface area contributed by atoms with E-state index in [1.54, 1.807) is 0 Å². The summed E-state index contributed by atoms with van der Waals surface area (Å²) in [6.45, 7) is 6.09. The van der Waals surface area contributed by atoms with Crippen LogP contribution in [-0.2, 0) is 4.79 Å². The number of hydrogen-bond acceptors (Lipinski definition) is 2. The van der Waals surface area contributed by atoms with E-state index in [1.165, 1.54) is 5.56 Å². The summed E-state index contributed by atoms with van der Waals surface area (Å²) in [5.41, 5.74) is 3.01. The van der Waals surface area contributed by atoms with Gasteiger partial charge in [-0.05, 0) is 36.5 Å². The van der Waals surface area contributed by atoms with Gasteiger partial charge in [-0.2, -0.15) is 0 Å². The molecule has 3 heteroatoms. The van der Waals surface area contributed by atoms with Crippen molar-refractivity contribution in [3.8, 4) is 0 Å². The third kappa shape index (κ3) is 3.74. The van der Waals surface area contributed by atoms with Gasteiger partial charge < -0.3 is 5.11 Å². The molecule has 0 fully saturated rings. The van der Waals surface area contributed by atoms with Crippen molar-refractivity contribution in [3.05, 3.63) is 71.3 Å². The quantitative estimate of drug-likeness (QED) is 0.850. The first-order valence-corrected chi connectivity index (χ1v) is 7.60. The van der Waals surface area contributed by atoms with Crippen LogP contribution in [0, 0.1) is 6.92 Å². The zero-order valence-corrected chi connectivity index (χ0v) is 13.3. The topological polar surface area (TPSA) is 49.3 Å². The molecule has 0 heterocycles. The Bertz CT molecular complexity index is 624. The first-order valence-electron chi connectivity index (χ1n) is 7.60. The van der Waals surface area contributed by atoms with Crippen LogP contribution in [0.15, 0.2) is 54.6 Å². The van der Waals surface area contributed by atoms with Gasteiger partial charge >= 0.3 is 5.97 Å². The summed E-state index contributed by atoms with van der Waals surface area (Å²) in [7, 11) is 0. The smallest absolute Gasteiger partial charge is 0.325 e. The van der Waals surface area contributed by atoms with Crippen LogP contribution < -0.4 is 5.32 Å². The zero-order chi connectivity index (χ0) is 16.1. The lowest BCUT2D eigenvalue weighted by molar-refractivity contribution is -0.139. The molecule has 3 unspecified atom stereocenters. The summed E-state index contributed by atoms with van der Waals surface area (Å²) in [5.74, 6) is -0.617. The summed E-state index contributed by atoms with van der Waals surface area (Å²) >= 11 is 0. The van der Waals surface area contributed by atoms with Crippen LogP contribution in [0.25, 0.3) is 0 Å². The second-order valence-corrected chi connectivity index (χ2v) is 5.78. The Morgan fingerprint density at radius 3 is 2.18 bits per heavy atom. The molecule has 3 atom stereocenters. The second-order valence-electron chi connectivity index (χ2n) is 5.78. The Labute approximate surface area is 132 Å². The average Bonchev–Trinajstić information content (AvgIpc) is 2.53. The Morgan fingerprint density at radius 2 is 1.59 bits per heavy atom. The molecular formula is C19H23NO2. The van der Waals surface area contributed by atoms with Gasteiger partial charge in [0.05, 0.1) is 0 Å². The highest BCUT2D eigenvalue weighted by Crippen LogP contribution is 2.23. The molecule has 0 spiro atoms. The van der Waals surface area contributed by atoms with Crippen molar-refractivity contribution in [2.75, 3.05) is 0 Å². The molecule has 0 bridgehead atoms. The summed E-state index contributed by atoms with van der Waals surface area (Å²) in [6, 6.07) is 17.1. The van der Waals surface area contributed by atoms with Gasteiger partial charge in [-0.3, -0.25) is 10.1 Å². The van der Waals surface area contributed by atoms with Crippen molar-refractivity contribution in [1.29, 1.82) is 0 Å². The molecule has 0 aliphatic heterocycles. The molecule has 0 aliphatic rings. The number of carboxylic acid groups (broad SMARTS) is 1. The predicted octanol–water partition coefficient (Wildman–Crippen LogP) is 3.90. The van der Waals surface area contributed by atoms with E-state index in [2.05, 4.69) is 24.4 Å². The summed E-state index contributed by atoms with van der Waals surface area (Å²) in [4.78, 5) is 11.7. The van der Waals surface area contributed by atoms with E-state index in [9.17, 15) is 9.90 Å². The third-order valence-corrected chi connectivity index (χ3v) is 4.25. The number of rotatable bonds is 6. The largest absolute Gasteiger partial charge is 0.480 e.